The summed E-state index contributed by atoms with van der Waals surface area (Å²) < 4.78 is 23.6. The highest BCUT2D eigenvalue weighted by atomic mass is 32.2. The van der Waals surface area contributed by atoms with Gasteiger partial charge in [0, 0.05) is 12.6 Å². The minimum absolute atomic E-state index is 0.0619. The molecule has 0 aliphatic carbocycles. The number of nitrogens with zero attached hydrogens (tertiary/aromatic N) is 2. The lowest BCUT2D eigenvalue weighted by Gasteiger charge is -2.31. The molecule has 1 fully saturated rings. The molecule has 1 aromatic carbocycles. The van der Waals surface area contributed by atoms with Crippen molar-refractivity contribution < 1.29 is 22.8 Å². The Morgan fingerprint density at radius 2 is 1.77 bits per heavy atom. The molecule has 3 amide bonds. The molecule has 0 bridgehead atoms. The van der Waals surface area contributed by atoms with Gasteiger partial charge >= 0.3 is 0 Å². The smallest absolute Gasteiger partial charge is 0.262 e. The molecule has 3 rings (SSSR count). The van der Waals surface area contributed by atoms with Crippen molar-refractivity contribution in [3.8, 4) is 0 Å². The fraction of sp³-hybridized carbons (Fsp3) is 0.500. The van der Waals surface area contributed by atoms with Gasteiger partial charge in [-0.3, -0.25) is 19.3 Å². The lowest BCUT2D eigenvalue weighted by Crippen LogP contribution is -2.48. The minimum Gasteiger partial charge on any atom is -0.337 e. The predicted molar refractivity (Wildman–Crippen MR) is 95.4 cm³/mol. The van der Waals surface area contributed by atoms with Crippen LogP contribution in [0.1, 0.15) is 41.0 Å². The van der Waals surface area contributed by atoms with Crippen molar-refractivity contribution in [3.05, 3.63) is 35.4 Å². The molecule has 8 heteroatoms. The molecule has 2 aliphatic rings. The summed E-state index contributed by atoms with van der Waals surface area (Å²) in [5, 5.41) is 0. The van der Waals surface area contributed by atoms with Crippen LogP contribution < -0.4 is 0 Å². The quantitative estimate of drug-likeness (QED) is 0.712. The SMILES string of the molecule is CC(C)CN(C(=O)CN1C(=O)c2ccccc2C1=O)C1CCS(=O)(=O)C1. The summed E-state index contributed by atoms with van der Waals surface area (Å²) >= 11 is 0. The summed E-state index contributed by atoms with van der Waals surface area (Å²) in [5.74, 6) is -1.22. The van der Waals surface area contributed by atoms with Crippen LogP contribution in [0.3, 0.4) is 0 Å². The monoisotopic (exact) mass is 378 g/mol. The molecule has 0 N–H and O–H groups in total. The van der Waals surface area contributed by atoms with Gasteiger partial charge in [0.15, 0.2) is 9.84 Å². The second-order valence-electron chi connectivity index (χ2n) is 7.24. The number of carbonyl (C=O) groups excluding carboxylic acids is 3. The molecule has 0 saturated carbocycles. The Morgan fingerprint density at radius 3 is 2.23 bits per heavy atom. The van der Waals surface area contributed by atoms with Crippen LogP contribution in [0.25, 0.3) is 0 Å². The van der Waals surface area contributed by atoms with E-state index in [9.17, 15) is 22.8 Å². The van der Waals surface area contributed by atoms with Crippen molar-refractivity contribution >= 4 is 27.6 Å². The van der Waals surface area contributed by atoms with Gasteiger partial charge < -0.3 is 4.90 Å². The van der Waals surface area contributed by atoms with Gasteiger partial charge in [0.25, 0.3) is 11.8 Å². The molecule has 1 atom stereocenters. The van der Waals surface area contributed by atoms with Gasteiger partial charge in [-0.05, 0) is 24.5 Å². The van der Waals surface area contributed by atoms with Crippen molar-refractivity contribution in [2.24, 2.45) is 5.92 Å². The highest BCUT2D eigenvalue weighted by molar-refractivity contribution is 7.91. The second-order valence-corrected chi connectivity index (χ2v) is 9.47. The number of carbonyl (C=O) groups is 3. The molecule has 0 radical (unpaired) electrons. The normalized spacial score (nSPS) is 21.3. The van der Waals surface area contributed by atoms with Crippen LogP contribution in [0.4, 0.5) is 0 Å². The largest absolute Gasteiger partial charge is 0.337 e. The van der Waals surface area contributed by atoms with E-state index in [1.807, 2.05) is 13.8 Å². The zero-order chi connectivity index (χ0) is 19.1. The fourth-order valence-electron chi connectivity index (χ4n) is 3.48. The number of fused-ring (bicyclic) bond motifs is 1. The van der Waals surface area contributed by atoms with E-state index >= 15 is 0 Å². The molecular formula is C18H22N2O5S. The van der Waals surface area contributed by atoms with Gasteiger partial charge in [-0.2, -0.15) is 0 Å². The zero-order valence-corrected chi connectivity index (χ0v) is 15.7. The molecule has 2 aliphatic heterocycles. The minimum atomic E-state index is -3.14. The van der Waals surface area contributed by atoms with Crippen LogP contribution in [-0.2, 0) is 14.6 Å². The third-order valence-corrected chi connectivity index (χ3v) is 6.45. The van der Waals surface area contributed by atoms with Crippen LogP contribution in [0.15, 0.2) is 24.3 Å². The van der Waals surface area contributed by atoms with Gasteiger partial charge in [-0.25, -0.2) is 8.42 Å². The molecule has 1 saturated heterocycles. The number of amides is 3. The lowest BCUT2D eigenvalue weighted by molar-refractivity contribution is -0.134. The molecule has 26 heavy (non-hydrogen) atoms. The standard InChI is InChI=1S/C18H22N2O5S/c1-12(2)9-19(13-7-8-26(24,25)11-13)16(21)10-20-17(22)14-5-3-4-6-15(14)18(20)23/h3-6,12-13H,7-11H2,1-2H3. The van der Waals surface area contributed by atoms with Crippen molar-refractivity contribution in [1.29, 1.82) is 0 Å². The van der Waals surface area contributed by atoms with E-state index in [1.54, 1.807) is 24.3 Å². The van der Waals surface area contributed by atoms with Crippen LogP contribution >= 0.6 is 0 Å². The number of hydrogen-bond acceptors (Lipinski definition) is 5. The summed E-state index contributed by atoms with van der Waals surface area (Å²) in [6.45, 7) is 3.90. The Bertz CT molecular complexity index is 827. The van der Waals surface area contributed by atoms with Crippen LogP contribution in [0.2, 0.25) is 0 Å². The maximum atomic E-state index is 12.9. The molecule has 1 aromatic rings. The Morgan fingerprint density at radius 1 is 1.19 bits per heavy atom. The highest BCUT2D eigenvalue weighted by Gasteiger charge is 2.40. The van der Waals surface area contributed by atoms with Crippen molar-refractivity contribution in [2.45, 2.75) is 26.3 Å². The van der Waals surface area contributed by atoms with E-state index in [2.05, 4.69) is 0 Å². The average molecular weight is 378 g/mol. The maximum Gasteiger partial charge on any atom is 0.262 e. The van der Waals surface area contributed by atoms with Gasteiger partial charge in [0.05, 0.1) is 22.6 Å². The average Bonchev–Trinajstić information content (AvgIpc) is 3.05. The van der Waals surface area contributed by atoms with E-state index in [1.165, 1.54) is 4.90 Å². The number of hydrogen-bond donors (Lipinski definition) is 0. The Hall–Kier alpha value is -2.22. The van der Waals surface area contributed by atoms with Gasteiger partial charge in [0.2, 0.25) is 5.91 Å². The Kier molecular flexibility index (Phi) is 4.88. The first kappa shape index (κ1) is 18.6. The highest BCUT2D eigenvalue weighted by Crippen LogP contribution is 2.24. The number of sulfone groups is 1. The molecule has 0 aromatic heterocycles. The van der Waals surface area contributed by atoms with Crippen LogP contribution in [0.5, 0.6) is 0 Å². The summed E-state index contributed by atoms with van der Waals surface area (Å²) in [4.78, 5) is 40.2. The predicted octanol–water partition coefficient (Wildman–Crippen LogP) is 0.954. The summed E-state index contributed by atoms with van der Waals surface area (Å²) in [7, 11) is -3.14. The molecule has 140 valence electrons. The summed E-state index contributed by atoms with van der Waals surface area (Å²) in [5.41, 5.74) is 0.591. The second kappa shape index (κ2) is 6.83. The number of benzene rings is 1. The van der Waals surface area contributed by atoms with Crippen molar-refractivity contribution in [3.63, 3.8) is 0 Å². The fourth-order valence-corrected chi connectivity index (χ4v) is 5.21. The summed E-state index contributed by atoms with van der Waals surface area (Å²) in [6.07, 6.45) is 0.392. The Labute approximate surface area is 152 Å². The molecule has 7 nitrogen and oxygen atoms in total. The van der Waals surface area contributed by atoms with Gasteiger partial charge in [0.1, 0.15) is 6.54 Å². The first-order chi connectivity index (χ1) is 12.2. The van der Waals surface area contributed by atoms with E-state index in [4.69, 9.17) is 0 Å². The summed E-state index contributed by atoms with van der Waals surface area (Å²) in [6, 6.07) is 6.07. The van der Waals surface area contributed by atoms with Gasteiger partial charge in [-0.15, -0.1) is 0 Å². The molecule has 0 spiro atoms. The number of imide groups is 1. The number of rotatable bonds is 5. The Balaban J connectivity index is 1.78. The molecular weight excluding hydrogens is 356 g/mol. The van der Waals surface area contributed by atoms with E-state index < -0.39 is 33.6 Å². The van der Waals surface area contributed by atoms with E-state index in [0.717, 1.165) is 4.90 Å². The van der Waals surface area contributed by atoms with E-state index in [0.29, 0.717) is 24.1 Å². The first-order valence-electron chi connectivity index (χ1n) is 8.64. The van der Waals surface area contributed by atoms with Gasteiger partial charge in [-0.1, -0.05) is 26.0 Å². The molecule has 1 unspecified atom stereocenters. The van der Waals surface area contributed by atoms with Crippen LogP contribution in [-0.4, -0.2) is 66.6 Å². The van der Waals surface area contributed by atoms with E-state index in [-0.39, 0.29) is 24.0 Å². The third-order valence-electron chi connectivity index (χ3n) is 4.70. The van der Waals surface area contributed by atoms with Crippen molar-refractivity contribution in [1.82, 2.24) is 9.80 Å². The first-order valence-corrected chi connectivity index (χ1v) is 10.5. The zero-order valence-electron chi connectivity index (χ0n) is 14.8. The maximum absolute atomic E-state index is 12.9. The lowest BCUT2D eigenvalue weighted by atomic mass is 10.1. The van der Waals surface area contributed by atoms with Crippen LogP contribution in [0, 0.1) is 5.92 Å². The topological polar surface area (TPSA) is 91.8 Å². The third kappa shape index (κ3) is 3.51. The molecule has 2 heterocycles. The van der Waals surface area contributed by atoms with Crippen molar-refractivity contribution in [2.75, 3.05) is 24.6 Å².